The number of carbonyl (C=O) groups is 1. The number of hydrogen-bond acceptors (Lipinski definition) is 2. The fourth-order valence-corrected chi connectivity index (χ4v) is 2.14. The minimum Gasteiger partial charge on any atom is -0.300 e. The lowest BCUT2D eigenvalue weighted by atomic mass is 10.0. The van der Waals surface area contributed by atoms with Crippen LogP contribution in [0.5, 0.6) is 0 Å². The van der Waals surface area contributed by atoms with Crippen LogP contribution in [-0.2, 0) is 11.2 Å². The SMILES string of the molecule is CC(=O)C(C)Cc1sccc1Cl. The predicted molar refractivity (Wildman–Crippen MR) is 52.9 cm³/mol. The highest BCUT2D eigenvalue weighted by atomic mass is 35.5. The van der Waals surface area contributed by atoms with E-state index in [0.717, 1.165) is 16.3 Å². The third kappa shape index (κ3) is 2.32. The Bertz CT molecular complexity index is 280. The summed E-state index contributed by atoms with van der Waals surface area (Å²) >= 11 is 7.50. The molecule has 12 heavy (non-hydrogen) atoms. The van der Waals surface area contributed by atoms with E-state index in [2.05, 4.69) is 0 Å². The molecule has 0 bridgehead atoms. The van der Waals surface area contributed by atoms with Gasteiger partial charge in [-0.15, -0.1) is 11.3 Å². The molecule has 0 saturated carbocycles. The molecule has 0 N–H and O–H groups in total. The van der Waals surface area contributed by atoms with Crippen molar-refractivity contribution in [3.63, 3.8) is 0 Å². The Morgan fingerprint density at radius 2 is 2.42 bits per heavy atom. The van der Waals surface area contributed by atoms with Crippen LogP contribution in [0, 0.1) is 5.92 Å². The molecule has 1 nitrogen and oxygen atoms in total. The van der Waals surface area contributed by atoms with E-state index in [-0.39, 0.29) is 11.7 Å². The van der Waals surface area contributed by atoms with Crippen molar-refractivity contribution >= 4 is 28.7 Å². The van der Waals surface area contributed by atoms with E-state index in [1.165, 1.54) is 0 Å². The van der Waals surface area contributed by atoms with Crippen LogP contribution >= 0.6 is 22.9 Å². The first-order chi connectivity index (χ1) is 5.61. The first-order valence-corrected chi connectivity index (χ1v) is 5.09. The minimum absolute atomic E-state index is 0.0844. The minimum atomic E-state index is 0.0844. The average Bonchev–Trinajstić information content (AvgIpc) is 2.36. The molecule has 0 amide bonds. The van der Waals surface area contributed by atoms with Crippen molar-refractivity contribution in [3.05, 3.63) is 21.3 Å². The van der Waals surface area contributed by atoms with Crippen molar-refractivity contribution in [3.8, 4) is 0 Å². The lowest BCUT2D eigenvalue weighted by Gasteiger charge is -2.04. The summed E-state index contributed by atoms with van der Waals surface area (Å²) in [5, 5.41) is 2.73. The van der Waals surface area contributed by atoms with Crippen LogP contribution in [0.15, 0.2) is 11.4 Å². The molecule has 0 aliphatic rings. The fourth-order valence-electron chi connectivity index (χ4n) is 0.893. The van der Waals surface area contributed by atoms with Crippen LogP contribution in [0.1, 0.15) is 18.7 Å². The van der Waals surface area contributed by atoms with Gasteiger partial charge in [0.2, 0.25) is 0 Å². The average molecular weight is 203 g/mol. The Kier molecular flexibility index (Phi) is 3.29. The van der Waals surface area contributed by atoms with Crippen molar-refractivity contribution in [2.24, 2.45) is 5.92 Å². The standard InChI is InChI=1S/C9H11ClOS/c1-6(7(2)11)5-9-8(10)3-4-12-9/h3-4,6H,5H2,1-2H3. The molecule has 1 aromatic rings. The van der Waals surface area contributed by atoms with E-state index in [1.54, 1.807) is 18.3 Å². The van der Waals surface area contributed by atoms with Crippen LogP contribution in [-0.4, -0.2) is 5.78 Å². The maximum atomic E-state index is 10.9. The largest absolute Gasteiger partial charge is 0.300 e. The molecule has 0 saturated heterocycles. The molecule has 1 unspecified atom stereocenters. The molecule has 1 aromatic heterocycles. The summed E-state index contributed by atoms with van der Waals surface area (Å²) in [5.41, 5.74) is 0. The lowest BCUT2D eigenvalue weighted by Crippen LogP contribution is -2.08. The molecule has 0 fully saturated rings. The zero-order valence-corrected chi connectivity index (χ0v) is 8.71. The zero-order chi connectivity index (χ0) is 9.14. The highest BCUT2D eigenvalue weighted by Gasteiger charge is 2.11. The summed E-state index contributed by atoms with van der Waals surface area (Å²) < 4.78 is 0. The molecule has 0 aromatic carbocycles. The molecule has 0 aliphatic heterocycles. The van der Waals surface area contributed by atoms with E-state index < -0.39 is 0 Å². The van der Waals surface area contributed by atoms with Gasteiger partial charge >= 0.3 is 0 Å². The van der Waals surface area contributed by atoms with Gasteiger partial charge in [0.1, 0.15) is 5.78 Å². The summed E-state index contributed by atoms with van der Waals surface area (Å²) in [5.74, 6) is 0.306. The van der Waals surface area contributed by atoms with E-state index in [1.807, 2.05) is 18.4 Å². The van der Waals surface area contributed by atoms with Gasteiger partial charge in [-0.2, -0.15) is 0 Å². The molecule has 3 heteroatoms. The van der Waals surface area contributed by atoms with E-state index in [0.29, 0.717) is 0 Å². The number of thiophene rings is 1. The predicted octanol–water partition coefficient (Wildman–Crippen LogP) is 3.17. The van der Waals surface area contributed by atoms with Gasteiger partial charge in [0, 0.05) is 10.8 Å². The Morgan fingerprint density at radius 1 is 1.75 bits per heavy atom. The second-order valence-corrected chi connectivity index (χ2v) is 4.32. The highest BCUT2D eigenvalue weighted by molar-refractivity contribution is 7.10. The van der Waals surface area contributed by atoms with Crippen molar-refractivity contribution in [2.45, 2.75) is 20.3 Å². The molecule has 1 heterocycles. The second kappa shape index (κ2) is 4.06. The third-order valence-corrected chi connectivity index (χ3v) is 3.29. The number of halogens is 1. The topological polar surface area (TPSA) is 17.1 Å². The lowest BCUT2D eigenvalue weighted by molar-refractivity contribution is -0.120. The van der Waals surface area contributed by atoms with Crippen LogP contribution in [0.25, 0.3) is 0 Å². The van der Waals surface area contributed by atoms with Crippen molar-refractivity contribution in [1.82, 2.24) is 0 Å². The van der Waals surface area contributed by atoms with Gasteiger partial charge in [-0.05, 0) is 24.8 Å². The van der Waals surface area contributed by atoms with Gasteiger partial charge < -0.3 is 0 Å². The first kappa shape index (κ1) is 9.75. The van der Waals surface area contributed by atoms with Crippen molar-refractivity contribution < 1.29 is 4.79 Å². The summed E-state index contributed by atoms with van der Waals surface area (Å²) in [6.07, 6.45) is 0.770. The molecular weight excluding hydrogens is 192 g/mol. The maximum absolute atomic E-state index is 10.9. The van der Waals surface area contributed by atoms with E-state index in [4.69, 9.17) is 11.6 Å². The number of carbonyl (C=O) groups excluding carboxylic acids is 1. The van der Waals surface area contributed by atoms with Gasteiger partial charge in [-0.3, -0.25) is 4.79 Å². The van der Waals surface area contributed by atoms with Gasteiger partial charge in [-0.1, -0.05) is 18.5 Å². The molecular formula is C9H11ClOS. The summed E-state index contributed by atoms with van der Waals surface area (Å²) in [6.45, 7) is 3.55. The van der Waals surface area contributed by atoms with Gasteiger partial charge in [0.25, 0.3) is 0 Å². The van der Waals surface area contributed by atoms with Crippen molar-refractivity contribution in [1.29, 1.82) is 0 Å². The second-order valence-electron chi connectivity index (χ2n) is 2.91. The normalized spacial score (nSPS) is 12.9. The molecule has 0 spiro atoms. The molecule has 1 atom stereocenters. The van der Waals surface area contributed by atoms with Gasteiger partial charge in [0.05, 0.1) is 5.02 Å². The first-order valence-electron chi connectivity index (χ1n) is 3.83. The van der Waals surface area contributed by atoms with Gasteiger partial charge in [0.15, 0.2) is 0 Å². The molecule has 0 aliphatic carbocycles. The Balaban J connectivity index is 2.64. The smallest absolute Gasteiger partial charge is 0.132 e. The van der Waals surface area contributed by atoms with Gasteiger partial charge in [-0.25, -0.2) is 0 Å². The Morgan fingerprint density at radius 3 is 2.83 bits per heavy atom. The molecule has 0 radical (unpaired) electrons. The van der Waals surface area contributed by atoms with E-state index >= 15 is 0 Å². The number of ketones is 1. The summed E-state index contributed by atoms with van der Waals surface area (Å²) in [4.78, 5) is 12.1. The fraction of sp³-hybridized carbons (Fsp3) is 0.444. The number of rotatable bonds is 3. The van der Waals surface area contributed by atoms with Crippen molar-refractivity contribution in [2.75, 3.05) is 0 Å². The number of Topliss-reactive ketones (excluding diaryl/α,β-unsaturated/α-hetero) is 1. The van der Waals surface area contributed by atoms with Crippen LogP contribution in [0.4, 0.5) is 0 Å². The summed E-state index contributed by atoms with van der Waals surface area (Å²) in [7, 11) is 0. The monoisotopic (exact) mass is 202 g/mol. The number of hydrogen-bond donors (Lipinski definition) is 0. The van der Waals surface area contributed by atoms with Crippen LogP contribution in [0.3, 0.4) is 0 Å². The third-order valence-electron chi connectivity index (χ3n) is 1.88. The summed E-state index contributed by atoms with van der Waals surface area (Å²) in [6, 6.07) is 1.87. The van der Waals surface area contributed by atoms with Crippen LogP contribution in [0.2, 0.25) is 5.02 Å². The maximum Gasteiger partial charge on any atom is 0.132 e. The zero-order valence-electron chi connectivity index (χ0n) is 7.13. The Hall–Kier alpha value is -0.340. The van der Waals surface area contributed by atoms with E-state index in [9.17, 15) is 4.79 Å². The quantitative estimate of drug-likeness (QED) is 0.736. The molecule has 1 rings (SSSR count). The highest BCUT2D eigenvalue weighted by Crippen LogP contribution is 2.24. The molecule has 66 valence electrons. The van der Waals surface area contributed by atoms with Crippen LogP contribution < -0.4 is 0 Å². The Labute approximate surface area is 81.4 Å².